The Morgan fingerprint density at radius 1 is 1.15 bits per heavy atom. The highest BCUT2D eigenvalue weighted by Crippen LogP contribution is 2.24. The molecule has 1 aliphatic rings. The maximum absolute atomic E-state index is 12.8. The van der Waals surface area contributed by atoms with Gasteiger partial charge in [-0.05, 0) is 60.7 Å². The highest BCUT2D eigenvalue weighted by Gasteiger charge is 2.15. The zero-order valence-electron chi connectivity index (χ0n) is 14.9. The minimum absolute atomic E-state index is 0.00850. The molecule has 2 aromatic carbocycles. The van der Waals surface area contributed by atoms with E-state index in [1.165, 1.54) is 29.0 Å². The van der Waals surface area contributed by atoms with Crippen LogP contribution in [0.25, 0.3) is 5.69 Å². The number of carbonyl (C=O) groups is 1. The predicted octanol–water partition coefficient (Wildman–Crippen LogP) is 2.98. The molecule has 0 radical (unpaired) electrons. The van der Waals surface area contributed by atoms with Gasteiger partial charge in [-0.15, -0.1) is 0 Å². The fourth-order valence-corrected chi connectivity index (χ4v) is 3.35. The van der Waals surface area contributed by atoms with Crippen molar-refractivity contribution in [2.75, 3.05) is 12.4 Å². The molecule has 0 atom stereocenters. The van der Waals surface area contributed by atoms with Crippen molar-refractivity contribution in [3.63, 3.8) is 0 Å². The number of benzene rings is 2. The van der Waals surface area contributed by atoms with Gasteiger partial charge in [0.05, 0.1) is 7.11 Å². The molecule has 1 heterocycles. The number of hydrogen-bond donors (Lipinski definition) is 1. The summed E-state index contributed by atoms with van der Waals surface area (Å²) in [7, 11) is 1.53. The van der Waals surface area contributed by atoms with Crippen LogP contribution in [0.5, 0.6) is 5.75 Å². The van der Waals surface area contributed by atoms with Crippen molar-refractivity contribution in [1.82, 2.24) is 9.55 Å². The van der Waals surface area contributed by atoms with Gasteiger partial charge in [-0.2, -0.15) is 0 Å². The Morgan fingerprint density at radius 3 is 2.85 bits per heavy atom. The van der Waals surface area contributed by atoms with E-state index in [2.05, 4.69) is 16.4 Å². The molecule has 0 unspecified atom stereocenters. The fraction of sp³-hybridized carbons (Fsp3) is 0.190. The minimum Gasteiger partial charge on any atom is -0.497 e. The van der Waals surface area contributed by atoms with Crippen molar-refractivity contribution in [2.24, 2.45) is 0 Å². The van der Waals surface area contributed by atoms with Crippen LogP contribution < -0.4 is 15.6 Å². The number of carbonyl (C=O) groups excluding carboxylic acids is 1. The average molecular weight is 361 g/mol. The third-order valence-electron chi connectivity index (χ3n) is 4.76. The Labute approximate surface area is 156 Å². The second kappa shape index (κ2) is 7.07. The van der Waals surface area contributed by atoms with Crippen LogP contribution in [0.15, 0.2) is 59.7 Å². The molecule has 0 saturated heterocycles. The predicted molar refractivity (Wildman–Crippen MR) is 103 cm³/mol. The van der Waals surface area contributed by atoms with Gasteiger partial charge in [-0.25, -0.2) is 4.98 Å². The first-order valence-corrected chi connectivity index (χ1v) is 8.81. The maximum atomic E-state index is 12.8. The lowest BCUT2D eigenvalue weighted by atomic mass is 10.1. The number of fused-ring (bicyclic) bond motifs is 1. The number of nitrogens with one attached hydrogen (secondary N) is 1. The molecule has 1 aromatic heterocycles. The first-order valence-electron chi connectivity index (χ1n) is 8.81. The van der Waals surface area contributed by atoms with Crippen molar-refractivity contribution in [3.05, 3.63) is 81.9 Å². The second-order valence-electron chi connectivity index (χ2n) is 6.44. The molecule has 1 N–H and O–H groups in total. The summed E-state index contributed by atoms with van der Waals surface area (Å²) >= 11 is 0. The molecular weight excluding hydrogens is 342 g/mol. The summed E-state index contributed by atoms with van der Waals surface area (Å²) < 4.78 is 6.64. The van der Waals surface area contributed by atoms with E-state index >= 15 is 0 Å². The third-order valence-corrected chi connectivity index (χ3v) is 4.76. The standard InChI is InChI=1S/C21H19N3O3/c1-27-18-7-3-6-16(13-18)20(25)23-19-21(26)24(11-10-22-19)17-9-8-14-4-2-5-15(14)12-17/h3,6-13H,2,4-5H2,1H3,(H,22,23,25). The van der Waals surface area contributed by atoms with Crippen LogP contribution in [0.4, 0.5) is 5.82 Å². The van der Waals surface area contributed by atoms with Crippen LogP contribution in [-0.2, 0) is 12.8 Å². The van der Waals surface area contributed by atoms with Crippen molar-refractivity contribution in [1.29, 1.82) is 0 Å². The second-order valence-corrected chi connectivity index (χ2v) is 6.44. The van der Waals surface area contributed by atoms with Crippen LogP contribution >= 0.6 is 0 Å². The SMILES string of the molecule is COc1cccc(C(=O)Nc2nccn(-c3ccc4c(c3)CCC4)c2=O)c1. The summed E-state index contributed by atoms with van der Waals surface area (Å²) in [6, 6.07) is 12.8. The molecule has 6 heteroatoms. The Morgan fingerprint density at radius 2 is 2.00 bits per heavy atom. The fourth-order valence-electron chi connectivity index (χ4n) is 3.35. The van der Waals surface area contributed by atoms with Gasteiger partial charge in [0.1, 0.15) is 5.75 Å². The molecule has 3 aromatic rings. The lowest BCUT2D eigenvalue weighted by Gasteiger charge is -2.10. The number of hydrogen-bond acceptors (Lipinski definition) is 4. The van der Waals surface area contributed by atoms with Crippen molar-refractivity contribution in [2.45, 2.75) is 19.3 Å². The van der Waals surface area contributed by atoms with Crippen LogP contribution in [0.3, 0.4) is 0 Å². The average Bonchev–Trinajstić information content (AvgIpc) is 3.17. The molecular formula is C21H19N3O3. The first-order chi connectivity index (χ1) is 13.2. The molecule has 1 amide bonds. The van der Waals surface area contributed by atoms with E-state index < -0.39 is 5.91 Å². The molecule has 6 nitrogen and oxygen atoms in total. The summed E-state index contributed by atoms with van der Waals surface area (Å²) in [5, 5.41) is 2.60. The summed E-state index contributed by atoms with van der Waals surface area (Å²) in [6.07, 6.45) is 6.38. The molecule has 1 aliphatic carbocycles. The van der Waals surface area contributed by atoms with Gasteiger partial charge in [0.25, 0.3) is 11.5 Å². The van der Waals surface area contributed by atoms with Crippen LogP contribution in [0, 0.1) is 0 Å². The van der Waals surface area contributed by atoms with Gasteiger partial charge < -0.3 is 10.1 Å². The van der Waals surface area contributed by atoms with Gasteiger partial charge in [0, 0.05) is 23.6 Å². The van der Waals surface area contributed by atoms with Crippen LogP contribution in [0.1, 0.15) is 27.9 Å². The Balaban J connectivity index is 1.64. The highest BCUT2D eigenvalue weighted by molar-refractivity contribution is 6.03. The van der Waals surface area contributed by atoms with E-state index in [-0.39, 0.29) is 11.4 Å². The topological polar surface area (TPSA) is 73.2 Å². The molecule has 0 spiro atoms. The van der Waals surface area contributed by atoms with Gasteiger partial charge in [0.15, 0.2) is 5.82 Å². The van der Waals surface area contributed by atoms with E-state index in [0.717, 1.165) is 24.9 Å². The zero-order valence-corrected chi connectivity index (χ0v) is 14.9. The molecule has 136 valence electrons. The molecule has 0 bridgehead atoms. The number of aryl methyl sites for hydroxylation is 2. The Hall–Kier alpha value is -3.41. The number of nitrogens with zero attached hydrogens (tertiary/aromatic N) is 2. The summed E-state index contributed by atoms with van der Waals surface area (Å²) in [6.45, 7) is 0. The molecule has 4 rings (SSSR count). The zero-order chi connectivity index (χ0) is 18.8. The maximum Gasteiger partial charge on any atom is 0.298 e. The van der Waals surface area contributed by atoms with Gasteiger partial charge in [0.2, 0.25) is 0 Å². The number of methoxy groups -OCH3 is 1. The number of amides is 1. The van der Waals surface area contributed by atoms with Crippen molar-refractivity contribution in [3.8, 4) is 11.4 Å². The smallest absolute Gasteiger partial charge is 0.298 e. The van der Waals surface area contributed by atoms with E-state index in [1.54, 1.807) is 30.5 Å². The summed E-state index contributed by atoms with van der Waals surface area (Å²) in [5.41, 5.74) is 3.42. The van der Waals surface area contributed by atoms with Crippen molar-refractivity contribution >= 4 is 11.7 Å². The quantitative estimate of drug-likeness (QED) is 0.775. The Bertz CT molecular complexity index is 1070. The lowest BCUT2D eigenvalue weighted by Crippen LogP contribution is -2.26. The lowest BCUT2D eigenvalue weighted by molar-refractivity contribution is 0.102. The van der Waals surface area contributed by atoms with E-state index in [4.69, 9.17) is 4.74 Å². The summed E-state index contributed by atoms with van der Waals surface area (Å²) in [4.78, 5) is 29.3. The monoisotopic (exact) mass is 361 g/mol. The minimum atomic E-state index is -0.412. The first kappa shape index (κ1) is 17.0. The largest absolute Gasteiger partial charge is 0.497 e. The van der Waals surface area contributed by atoms with Crippen molar-refractivity contribution < 1.29 is 9.53 Å². The van der Waals surface area contributed by atoms with E-state index in [0.29, 0.717) is 11.3 Å². The van der Waals surface area contributed by atoms with E-state index in [9.17, 15) is 9.59 Å². The van der Waals surface area contributed by atoms with Crippen LogP contribution in [0.2, 0.25) is 0 Å². The Kier molecular flexibility index (Phi) is 4.46. The number of rotatable bonds is 4. The highest BCUT2D eigenvalue weighted by atomic mass is 16.5. The molecule has 0 fully saturated rings. The van der Waals surface area contributed by atoms with Gasteiger partial charge in [-0.1, -0.05) is 12.1 Å². The molecule has 0 aliphatic heterocycles. The number of ether oxygens (including phenoxy) is 1. The normalized spacial score (nSPS) is 12.5. The third kappa shape index (κ3) is 3.33. The van der Waals surface area contributed by atoms with Crippen LogP contribution in [-0.4, -0.2) is 22.6 Å². The van der Waals surface area contributed by atoms with Gasteiger partial charge in [-0.3, -0.25) is 14.2 Å². The number of anilines is 1. The van der Waals surface area contributed by atoms with Gasteiger partial charge >= 0.3 is 0 Å². The molecule has 0 saturated carbocycles. The number of aromatic nitrogens is 2. The molecule has 27 heavy (non-hydrogen) atoms. The summed E-state index contributed by atoms with van der Waals surface area (Å²) in [5.74, 6) is 0.148. The van der Waals surface area contributed by atoms with E-state index in [1.807, 2.05) is 12.1 Å².